The highest BCUT2D eigenvalue weighted by atomic mass is 32.1. The van der Waals surface area contributed by atoms with Crippen LogP contribution in [0.3, 0.4) is 0 Å². The second-order valence-corrected chi connectivity index (χ2v) is 14.4. The van der Waals surface area contributed by atoms with E-state index >= 15 is 0 Å². The monoisotopic (exact) mass is 491 g/mol. The van der Waals surface area contributed by atoms with Crippen molar-refractivity contribution in [2.45, 2.75) is 156 Å². The molecule has 5 unspecified atom stereocenters. The maximum atomic E-state index is 13.4. The standard InChI is InChI=1S/C31H57NOS/c1-24-16-9-11-18-25-26(19-12-10-17-24)30(4,5)31(6,28(33)34)32-23-15-14-22-29(2,3)21-13-7-8-20-27(25)32/h24-27H,7-23H2,1-6H3,(H,33,34). The second kappa shape index (κ2) is 12.0. The summed E-state index contributed by atoms with van der Waals surface area (Å²) in [5.41, 5.74) is -0.0719. The molecule has 198 valence electrons. The number of rotatable bonds is 1. The van der Waals surface area contributed by atoms with Crippen LogP contribution in [0, 0.1) is 28.6 Å². The number of hydrogen-bond acceptors (Lipinski definition) is 2. The summed E-state index contributed by atoms with van der Waals surface area (Å²) in [5.74, 6) is 2.22. The van der Waals surface area contributed by atoms with Gasteiger partial charge in [0.2, 0.25) is 5.12 Å². The first kappa shape index (κ1) is 28.5. The van der Waals surface area contributed by atoms with Crippen LogP contribution >= 0.6 is 12.6 Å². The average molecular weight is 492 g/mol. The van der Waals surface area contributed by atoms with Gasteiger partial charge in [-0.2, -0.15) is 0 Å². The fraction of sp³-hybridized carbons (Fsp3) is 0.968. The summed E-state index contributed by atoms with van der Waals surface area (Å²) in [7, 11) is 0. The molecule has 1 saturated carbocycles. The van der Waals surface area contributed by atoms with Gasteiger partial charge in [0.25, 0.3) is 0 Å². The van der Waals surface area contributed by atoms with Crippen molar-refractivity contribution in [3.63, 3.8) is 0 Å². The van der Waals surface area contributed by atoms with Gasteiger partial charge >= 0.3 is 0 Å². The van der Waals surface area contributed by atoms with E-state index in [1.165, 1.54) is 103 Å². The molecule has 0 bridgehead atoms. The van der Waals surface area contributed by atoms with E-state index in [1.54, 1.807) is 0 Å². The number of fused-ring (bicyclic) bond motifs is 3. The summed E-state index contributed by atoms with van der Waals surface area (Å²) in [5, 5.41) is 0.108. The summed E-state index contributed by atoms with van der Waals surface area (Å²) in [6.07, 6.45) is 21.3. The lowest BCUT2D eigenvalue weighted by Crippen LogP contribution is -2.71. The molecular weight excluding hydrogens is 434 g/mol. The Labute approximate surface area is 218 Å². The molecule has 2 heterocycles. The molecule has 3 fully saturated rings. The molecule has 0 aromatic rings. The molecule has 3 heteroatoms. The molecule has 34 heavy (non-hydrogen) atoms. The molecule has 0 spiro atoms. The Morgan fingerprint density at radius 1 is 0.735 bits per heavy atom. The fourth-order valence-corrected chi connectivity index (χ4v) is 8.66. The highest BCUT2D eigenvalue weighted by Gasteiger charge is 2.61. The van der Waals surface area contributed by atoms with Gasteiger partial charge in [0, 0.05) is 6.04 Å². The second-order valence-electron chi connectivity index (χ2n) is 14.0. The van der Waals surface area contributed by atoms with E-state index in [-0.39, 0.29) is 10.5 Å². The number of piperidine rings is 1. The van der Waals surface area contributed by atoms with Crippen LogP contribution in [0.25, 0.3) is 0 Å². The Balaban J connectivity index is 1.96. The van der Waals surface area contributed by atoms with Crippen molar-refractivity contribution in [1.29, 1.82) is 0 Å². The molecule has 3 aliphatic rings. The highest BCUT2D eigenvalue weighted by Crippen LogP contribution is 2.57. The van der Waals surface area contributed by atoms with Crippen LogP contribution in [-0.4, -0.2) is 28.1 Å². The minimum absolute atomic E-state index is 0.0526. The van der Waals surface area contributed by atoms with Gasteiger partial charge in [0.15, 0.2) is 0 Å². The molecule has 0 aromatic heterocycles. The lowest BCUT2D eigenvalue weighted by molar-refractivity contribution is -0.166. The van der Waals surface area contributed by atoms with Crippen molar-refractivity contribution in [3.05, 3.63) is 0 Å². The molecule has 2 nitrogen and oxygen atoms in total. The molecule has 0 radical (unpaired) electrons. The molecule has 0 N–H and O–H groups in total. The summed E-state index contributed by atoms with van der Waals surface area (Å²) in [4.78, 5) is 16.2. The van der Waals surface area contributed by atoms with Crippen LogP contribution in [0.15, 0.2) is 0 Å². The molecule has 1 aliphatic carbocycles. The SMILES string of the molecule is CC1CCCCC2C3CCCCCC(C)(C)CCCCN3C(C)(C(=O)S)C(C)(C)C2CCCC1. The maximum Gasteiger partial charge on any atom is 0.206 e. The Morgan fingerprint density at radius 3 is 1.94 bits per heavy atom. The number of thiol groups is 1. The van der Waals surface area contributed by atoms with Crippen molar-refractivity contribution in [2.24, 2.45) is 28.6 Å². The number of nitrogens with zero attached hydrogens (tertiary/aromatic N) is 1. The third-order valence-corrected chi connectivity index (χ3v) is 11.3. The molecule has 3 rings (SSSR count). The maximum absolute atomic E-state index is 13.4. The highest BCUT2D eigenvalue weighted by molar-refractivity contribution is 7.96. The van der Waals surface area contributed by atoms with E-state index < -0.39 is 5.54 Å². The van der Waals surface area contributed by atoms with E-state index in [0.29, 0.717) is 17.4 Å². The van der Waals surface area contributed by atoms with Crippen molar-refractivity contribution in [3.8, 4) is 0 Å². The van der Waals surface area contributed by atoms with Crippen molar-refractivity contribution < 1.29 is 4.79 Å². The van der Waals surface area contributed by atoms with Crippen LogP contribution in [0.2, 0.25) is 0 Å². The minimum Gasteiger partial charge on any atom is -0.287 e. The van der Waals surface area contributed by atoms with E-state index in [4.69, 9.17) is 0 Å². The lowest BCUT2D eigenvalue weighted by atomic mass is 9.53. The smallest absolute Gasteiger partial charge is 0.206 e. The summed E-state index contributed by atoms with van der Waals surface area (Å²) in [6.45, 7) is 15.6. The normalized spacial score (nSPS) is 38.8. The zero-order valence-electron chi connectivity index (χ0n) is 23.6. The van der Waals surface area contributed by atoms with Gasteiger partial charge < -0.3 is 0 Å². The van der Waals surface area contributed by atoms with Crippen molar-refractivity contribution in [2.75, 3.05) is 6.54 Å². The first-order chi connectivity index (χ1) is 16.0. The Kier molecular flexibility index (Phi) is 10.1. The Hall–Kier alpha value is -0.0200. The van der Waals surface area contributed by atoms with Crippen molar-refractivity contribution >= 4 is 17.7 Å². The zero-order chi connectivity index (χ0) is 25.0. The zero-order valence-corrected chi connectivity index (χ0v) is 24.5. The van der Waals surface area contributed by atoms with Crippen LogP contribution in [-0.2, 0) is 4.79 Å². The van der Waals surface area contributed by atoms with Crippen LogP contribution in [0.1, 0.15) is 144 Å². The van der Waals surface area contributed by atoms with Gasteiger partial charge in [-0.25, -0.2) is 0 Å². The predicted octanol–water partition coefficient (Wildman–Crippen LogP) is 9.08. The molecule has 5 atom stereocenters. The fourth-order valence-electron chi connectivity index (χ4n) is 8.24. The molecule has 0 amide bonds. The van der Waals surface area contributed by atoms with Crippen LogP contribution < -0.4 is 0 Å². The van der Waals surface area contributed by atoms with Gasteiger partial charge in [0.05, 0.1) is 5.54 Å². The van der Waals surface area contributed by atoms with Crippen LogP contribution in [0.4, 0.5) is 0 Å². The van der Waals surface area contributed by atoms with Gasteiger partial charge in [0.1, 0.15) is 0 Å². The summed E-state index contributed by atoms with van der Waals surface area (Å²) < 4.78 is 0. The number of carbonyl (C=O) groups is 1. The van der Waals surface area contributed by atoms with E-state index in [1.807, 2.05) is 0 Å². The van der Waals surface area contributed by atoms with E-state index in [0.717, 1.165) is 18.4 Å². The van der Waals surface area contributed by atoms with Crippen LogP contribution in [0.5, 0.6) is 0 Å². The molecule has 2 saturated heterocycles. The van der Waals surface area contributed by atoms with E-state index in [9.17, 15) is 4.79 Å². The van der Waals surface area contributed by atoms with Gasteiger partial charge in [-0.1, -0.05) is 98.8 Å². The largest absolute Gasteiger partial charge is 0.287 e. The summed E-state index contributed by atoms with van der Waals surface area (Å²) >= 11 is 4.62. The third kappa shape index (κ3) is 6.27. The first-order valence-electron chi connectivity index (χ1n) is 15.0. The lowest BCUT2D eigenvalue weighted by Gasteiger charge is -2.64. The number of hydrogen-bond donors (Lipinski definition) is 1. The summed E-state index contributed by atoms with van der Waals surface area (Å²) in [6, 6.07) is 0.546. The quantitative estimate of drug-likeness (QED) is 0.369. The first-order valence-corrected chi connectivity index (χ1v) is 15.5. The number of carbonyl (C=O) groups excluding carboxylic acids is 1. The third-order valence-electron chi connectivity index (χ3n) is 10.9. The van der Waals surface area contributed by atoms with Gasteiger partial charge in [-0.05, 0) is 80.6 Å². The van der Waals surface area contributed by atoms with Crippen molar-refractivity contribution in [1.82, 2.24) is 4.90 Å². The minimum atomic E-state index is -0.477. The predicted molar refractivity (Wildman–Crippen MR) is 150 cm³/mol. The van der Waals surface area contributed by atoms with Gasteiger partial charge in [-0.15, -0.1) is 12.6 Å². The average Bonchev–Trinajstić information content (AvgIpc) is 2.79. The van der Waals surface area contributed by atoms with E-state index in [2.05, 4.69) is 59.1 Å². The molecular formula is C31H57NOS. The Bertz CT molecular complexity index is 658. The molecule has 0 aromatic carbocycles. The molecule has 2 aliphatic heterocycles. The van der Waals surface area contributed by atoms with Gasteiger partial charge in [-0.3, -0.25) is 9.69 Å². The Morgan fingerprint density at radius 2 is 1.29 bits per heavy atom. The topological polar surface area (TPSA) is 20.3 Å².